The summed E-state index contributed by atoms with van der Waals surface area (Å²) in [5.41, 5.74) is 0. The molecule has 0 aromatic heterocycles. The number of ether oxygens (including phenoxy) is 1. The standard InChI is InChI=1S/C20H30FNO4S/c1-4-26-19(23)15-20(10-13-22(14-11-20)12-9-16(2)3)27(24,25)18-7-5-17(21)6-8-18/h5-8,16H,4,9-15H2,1-3H3. The zero-order chi connectivity index (χ0) is 20.1. The molecule has 0 atom stereocenters. The van der Waals surface area contributed by atoms with Crippen molar-refractivity contribution in [2.24, 2.45) is 5.92 Å². The number of rotatable bonds is 8. The maximum Gasteiger partial charge on any atom is 0.307 e. The van der Waals surface area contributed by atoms with Gasteiger partial charge in [-0.05, 0) is 76.0 Å². The molecule has 152 valence electrons. The molecule has 0 N–H and O–H groups in total. The molecule has 27 heavy (non-hydrogen) atoms. The van der Waals surface area contributed by atoms with Gasteiger partial charge in [0.2, 0.25) is 0 Å². The summed E-state index contributed by atoms with van der Waals surface area (Å²) >= 11 is 0. The van der Waals surface area contributed by atoms with Crippen LogP contribution in [0.1, 0.15) is 46.5 Å². The lowest BCUT2D eigenvalue weighted by molar-refractivity contribution is -0.144. The average molecular weight is 400 g/mol. The number of benzene rings is 1. The molecule has 0 radical (unpaired) electrons. The number of hydrogen-bond donors (Lipinski definition) is 0. The fourth-order valence-electron chi connectivity index (χ4n) is 3.50. The topological polar surface area (TPSA) is 63.7 Å². The second kappa shape index (κ2) is 9.15. The van der Waals surface area contributed by atoms with Gasteiger partial charge in [-0.1, -0.05) is 13.8 Å². The Morgan fingerprint density at radius 2 is 1.81 bits per heavy atom. The molecule has 7 heteroatoms. The lowest BCUT2D eigenvalue weighted by atomic mass is 9.92. The molecule has 1 saturated heterocycles. The van der Waals surface area contributed by atoms with E-state index in [1.165, 1.54) is 12.1 Å². The molecule has 0 bridgehead atoms. The number of nitrogens with zero attached hydrogens (tertiary/aromatic N) is 1. The number of likely N-dealkylation sites (tertiary alicyclic amines) is 1. The van der Waals surface area contributed by atoms with E-state index in [9.17, 15) is 17.6 Å². The van der Waals surface area contributed by atoms with Crippen LogP contribution in [0.4, 0.5) is 4.39 Å². The third kappa shape index (κ3) is 5.29. The summed E-state index contributed by atoms with van der Waals surface area (Å²) < 4.78 is 43.9. The zero-order valence-electron chi connectivity index (χ0n) is 16.4. The Bertz CT molecular complexity index is 723. The fraction of sp³-hybridized carbons (Fsp3) is 0.650. The summed E-state index contributed by atoms with van der Waals surface area (Å²) in [7, 11) is -3.80. The fourth-order valence-corrected chi connectivity index (χ4v) is 5.53. The zero-order valence-corrected chi connectivity index (χ0v) is 17.2. The van der Waals surface area contributed by atoms with E-state index in [4.69, 9.17) is 4.74 Å². The summed E-state index contributed by atoms with van der Waals surface area (Å²) in [6.07, 6.45) is 1.61. The second-order valence-corrected chi connectivity index (χ2v) is 9.99. The summed E-state index contributed by atoms with van der Waals surface area (Å²) in [6.45, 7) is 8.39. The number of halogens is 1. The SMILES string of the molecule is CCOC(=O)CC1(S(=O)(=O)c2ccc(F)cc2)CCN(CCC(C)C)CC1. The van der Waals surface area contributed by atoms with Crippen LogP contribution in [0.2, 0.25) is 0 Å². The molecule has 0 spiro atoms. The van der Waals surface area contributed by atoms with Gasteiger partial charge in [0.05, 0.1) is 22.7 Å². The van der Waals surface area contributed by atoms with Crippen molar-refractivity contribution in [1.29, 1.82) is 0 Å². The van der Waals surface area contributed by atoms with E-state index in [0.29, 0.717) is 31.8 Å². The number of carbonyl (C=O) groups excluding carboxylic acids is 1. The first-order valence-corrected chi connectivity index (χ1v) is 11.1. The Hall–Kier alpha value is -1.47. The van der Waals surface area contributed by atoms with Crippen LogP contribution in [0.5, 0.6) is 0 Å². The van der Waals surface area contributed by atoms with Crippen LogP contribution in [-0.2, 0) is 19.4 Å². The van der Waals surface area contributed by atoms with E-state index < -0.39 is 26.4 Å². The lowest BCUT2D eigenvalue weighted by Crippen LogP contribution is -2.50. The van der Waals surface area contributed by atoms with Crippen molar-refractivity contribution in [3.63, 3.8) is 0 Å². The van der Waals surface area contributed by atoms with Gasteiger partial charge in [0.25, 0.3) is 0 Å². The third-order valence-electron chi connectivity index (χ3n) is 5.26. The number of piperidine rings is 1. The van der Waals surface area contributed by atoms with Gasteiger partial charge in [-0.3, -0.25) is 4.79 Å². The van der Waals surface area contributed by atoms with E-state index >= 15 is 0 Å². The Morgan fingerprint density at radius 1 is 1.22 bits per heavy atom. The lowest BCUT2D eigenvalue weighted by Gasteiger charge is -2.40. The number of carbonyl (C=O) groups is 1. The molecule has 0 amide bonds. The summed E-state index contributed by atoms with van der Waals surface area (Å²) in [5.74, 6) is -0.408. The van der Waals surface area contributed by atoms with Crippen molar-refractivity contribution in [2.45, 2.75) is 56.1 Å². The van der Waals surface area contributed by atoms with E-state index in [1.54, 1.807) is 6.92 Å². The maximum absolute atomic E-state index is 13.4. The Kier molecular flexibility index (Phi) is 7.40. The monoisotopic (exact) mass is 399 g/mol. The molecule has 2 rings (SSSR count). The Labute approximate surface area is 161 Å². The van der Waals surface area contributed by atoms with Crippen molar-refractivity contribution >= 4 is 15.8 Å². The quantitative estimate of drug-likeness (QED) is 0.495. The molecular weight excluding hydrogens is 369 g/mol. The van der Waals surface area contributed by atoms with Crippen LogP contribution in [0.15, 0.2) is 29.2 Å². The van der Waals surface area contributed by atoms with Crippen molar-refractivity contribution in [3.8, 4) is 0 Å². The van der Waals surface area contributed by atoms with Crippen LogP contribution >= 0.6 is 0 Å². The number of sulfone groups is 1. The van der Waals surface area contributed by atoms with Crippen LogP contribution in [0.3, 0.4) is 0 Å². The molecule has 0 saturated carbocycles. The van der Waals surface area contributed by atoms with Gasteiger partial charge in [-0.15, -0.1) is 0 Å². The minimum atomic E-state index is -3.80. The normalized spacial score (nSPS) is 17.8. The minimum absolute atomic E-state index is 0.0591. The molecule has 1 fully saturated rings. The molecular formula is C20H30FNO4S. The molecule has 5 nitrogen and oxygen atoms in total. The highest BCUT2D eigenvalue weighted by Crippen LogP contribution is 2.39. The first kappa shape index (κ1) is 21.8. The largest absolute Gasteiger partial charge is 0.466 e. The third-order valence-corrected chi connectivity index (χ3v) is 7.84. The van der Waals surface area contributed by atoms with Crippen molar-refractivity contribution < 1.29 is 22.3 Å². The number of esters is 1. The molecule has 1 aliphatic rings. The van der Waals surface area contributed by atoms with E-state index in [1.807, 2.05) is 0 Å². The van der Waals surface area contributed by atoms with Crippen LogP contribution in [0.25, 0.3) is 0 Å². The molecule has 1 aromatic carbocycles. The van der Waals surface area contributed by atoms with Gasteiger partial charge in [-0.25, -0.2) is 12.8 Å². The second-order valence-electron chi connectivity index (χ2n) is 7.65. The summed E-state index contributed by atoms with van der Waals surface area (Å²) in [4.78, 5) is 14.5. The van der Waals surface area contributed by atoms with Gasteiger partial charge >= 0.3 is 5.97 Å². The predicted molar refractivity (Wildman–Crippen MR) is 103 cm³/mol. The van der Waals surface area contributed by atoms with Gasteiger partial charge in [0.1, 0.15) is 5.82 Å². The van der Waals surface area contributed by atoms with Gasteiger partial charge in [0, 0.05) is 0 Å². The summed E-state index contributed by atoms with van der Waals surface area (Å²) in [6, 6.07) is 4.84. The van der Waals surface area contributed by atoms with Crippen LogP contribution in [-0.4, -0.2) is 50.3 Å². The molecule has 0 aliphatic carbocycles. The van der Waals surface area contributed by atoms with Crippen molar-refractivity contribution in [2.75, 3.05) is 26.2 Å². The first-order chi connectivity index (χ1) is 12.7. The first-order valence-electron chi connectivity index (χ1n) is 9.58. The van der Waals surface area contributed by atoms with Gasteiger partial charge < -0.3 is 9.64 Å². The molecule has 1 aliphatic heterocycles. The molecule has 1 aromatic rings. The van der Waals surface area contributed by atoms with E-state index in [-0.39, 0.29) is 17.9 Å². The highest BCUT2D eigenvalue weighted by atomic mass is 32.2. The smallest absolute Gasteiger partial charge is 0.307 e. The number of hydrogen-bond acceptors (Lipinski definition) is 5. The molecule has 1 heterocycles. The van der Waals surface area contributed by atoms with Crippen LogP contribution < -0.4 is 0 Å². The summed E-state index contributed by atoms with van der Waals surface area (Å²) in [5, 5.41) is 0. The van der Waals surface area contributed by atoms with Crippen LogP contribution in [0, 0.1) is 11.7 Å². The highest BCUT2D eigenvalue weighted by Gasteiger charge is 2.48. The minimum Gasteiger partial charge on any atom is -0.466 e. The van der Waals surface area contributed by atoms with Gasteiger partial charge in [-0.2, -0.15) is 0 Å². The van der Waals surface area contributed by atoms with E-state index in [2.05, 4.69) is 18.7 Å². The van der Waals surface area contributed by atoms with Gasteiger partial charge in [0.15, 0.2) is 9.84 Å². The average Bonchev–Trinajstić information content (AvgIpc) is 2.61. The van der Waals surface area contributed by atoms with Crippen molar-refractivity contribution in [3.05, 3.63) is 30.1 Å². The Morgan fingerprint density at radius 3 is 2.33 bits per heavy atom. The van der Waals surface area contributed by atoms with E-state index in [0.717, 1.165) is 25.1 Å². The Balaban J connectivity index is 2.26. The predicted octanol–water partition coefficient (Wildman–Crippen LogP) is 3.43. The van der Waals surface area contributed by atoms with Crippen molar-refractivity contribution in [1.82, 2.24) is 4.90 Å². The highest BCUT2D eigenvalue weighted by molar-refractivity contribution is 7.92. The molecule has 0 unspecified atom stereocenters. The maximum atomic E-state index is 13.4.